The Bertz CT molecular complexity index is 821. The smallest absolute Gasteiger partial charge is 0.0908 e. The maximum atomic E-state index is 11.6. The van der Waals surface area contributed by atoms with Gasteiger partial charge >= 0.3 is 0 Å². The monoisotopic (exact) mass is 334 g/mol. The van der Waals surface area contributed by atoms with Gasteiger partial charge in [0.05, 0.1) is 5.60 Å². The summed E-state index contributed by atoms with van der Waals surface area (Å²) in [6.07, 6.45) is 6.42. The highest BCUT2D eigenvalue weighted by atomic mass is 28.1. The minimum absolute atomic E-state index is 0.670. The molecule has 24 heavy (non-hydrogen) atoms. The van der Waals surface area contributed by atoms with Gasteiger partial charge in [0.15, 0.2) is 0 Å². The van der Waals surface area contributed by atoms with Crippen molar-refractivity contribution < 1.29 is 5.11 Å². The van der Waals surface area contributed by atoms with Gasteiger partial charge in [0.25, 0.3) is 0 Å². The molecule has 4 rings (SSSR count). The highest BCUT2D eigenvalue weighted by Gasteiger charge is 2.34. The molecular weight excluding hydrogens is 308 g/mol. The molecular formula is C22H26OSi. The first kappa shape index (κ1) is 15.9. The molecule has 0 unspecified atom stereocenters. The quantitative estimate of drug-likeness (QED) is 0.553. The highest BCUT2D eigenvalue weighted by Crippen LogP contribution is 2.45. The van der Waals surface area contributed by atoms with Gasteiger partial charge in [-0.25, -0.2) is 0 Å². The van der Waals surface area contributed by atoms with E-state index in [9.17, 15) is 5.11 Å². The van der Waals surface area contributed by atoms with Crippen molar-refractivity contribution in [3.05, 3.63) is 59.7 Å². The van der Waals surface area contributed by atoms with Gasteiger partial charge < -0.3 is 5.11 Å². The highest BCUT2D eigenvalue weighted by molar-refractivity contribution is 6.10. The summed E-state index contributed by atoms with van der Waals surface area (Å²) in [5, 5.41) is 16.8. The molecule has 1 aliphatic rings. The predicted molar refractivity (Wildman–Crippen MR) is 107 cm³/mol. The Morgan fingerprint density at radius 1 is 0.792 bits per heavy atom. The topological polar surface area (TPSA) is 20.2 Å². The molecule has 3 aromatic rings. The van der Waals surface area contributed by atoms with Crippen LogP contribution in [0.15, 0.2) is 48.5 Å². The lowest BCUT2D eigenvalue weighted by Gasteiger charge is -2.35. The van der Waals surface area contributed by atoms with Crippen molar-refractivity contribution in [1.82, 2.24) is 0 Å². The predicted octanol–water partition coefficient (Wildman–Crippen LogP) is 4.47. The van der Waals surface area contributed by atoms with E-state index in [4.69, 9.17) is 0 Å². The molecule has 3 aromatic carbocycles. The lowest BCUT2D eigenvalue weighted by Crippen LogP contribution is -2.29. The van der Waals surface area contributed by atoms with Gasteiger partial charge in [0.1, 0.15) is 0 Å². The van der Waals surface area contributed by atoms with Gasteiger partial charge in [0, 0.05) is 10.2 Å². The standard InChI is InChI=1S/C22H26OSi/c23-22(13-6-1-7-14-22)21-19-10-4-2-8-16(19)18(12-15-24)17-9-3-5-11-20(17)21/h2-5,8-11,23H,1,6-7,12-15H2,24H3. The lowest BCUT2D eigenvalue weighted by atomic mass is 9.75. The van der Waals surface area contributed by atoms with Crippen LogP contribution in [0.2, 0.25) is 6.04 Å². The van der Waals surface area contributed by atoms with Crippen LogP contribution in [-0.2, 0) is 12.0 Å². The third kappa shape index (κ3) is 2.49. The summed E-state index contributed by atoms with van der Waals surface area (Å²) in [6, 6.07) is 18.8. The second-order valence-corrected chi connectivity index (χ2v) is 8.29. The number of aliphatic hydroxyl groups is 1. The van der Waals surface area contributed by atoms with Gasteiger partial charge in [-0.15, -0.1) is 0 Å². The van der Waals surface area contributed by atoms with Crippen molar-refractivity contribution in [1.29, 1.82) is 0 Å². The van der Waals surface area contributed by atoms with Crippen LogP contribution in [0.1, 0.15) is 43.2 Å². The van der Waals surface area contributed by atoms with Crippen molar-refractivity contribution in [2.45, 2.75) is 50.2 Å². The molecule has 0 spiro atoms. The molecule has 0 atom stereocenters. The number of fused-ring (bicyclic) bond motifs is 2. The minimum atomic E-state index is -0.670. The molecule has 0 amide bonds. The first-order chi connectivity index (χ1) is 11.7. The van der Waals surface area contributed by atoms with E-state index < -0.39 is 5.60 Å². The Balaban J connectivity index is 2.13. The van der Waals surface area contributed by atoms with Crippen LogP contribution in [-0.4, -0.2) is 15.3 Å². The maximum Gasteiger partial charge on any atom is 0.0908 e. The van der Waals surface area contributed by atoms with E-state index in [1.807, 2.05) is 0 Å². The number of aryl methyl sites for hydroxylation is 1. The van der Waals surface area contributed by atoms with Crippen LogP contribution in [0.5, 0.6) is 0 Å². The largest absolute Gasteiger partial charge is 0.385 e. The first-order valence-electron chi connectivity index (χ1n) is 9.40. The van der Waals surface area contributed by atoms with E-state index >= 15 is 0 Å². The Kier molecular flexibility index (Phi) is 4.19. The van der Waals surface area contributed by atoms with E-state index in [-0.39, 0.29) is 0 Å². The molecule has 0 aromatic heterocycles. The zero-order valence-electron chi connectivity index (χ0n) is 14.5. The molecule has 0 aliphatic heterocycles. The molecule has 1 N–H and O–H groups in total. The molecule has 1 aliphatic carbocycles. The third-order valence-electron chi connectivity index (χ3n) is 5.69. The second kappa shape index (κ2) is 6.34. The Labute approximate surface area is 147 Å². The fourth-order valence-electron chi connectivity index (χ4n) is 4.63. The molecule has 0 bridgehead atoms. The van der Waals surface area contributed by atoms with Crippen molar-refractivity contribution >= 4 is 31.8 Å². The molecule has 2 heteroatoms. The van der Waals surface area contributed by atoms with Crippen LogP contribution in [0.4, 0.5) is 0 Å². The molecule has 0 heterocycles. The van der Waals surface area contributed by atoms with E-state index in [1.54, 1.807) is 0 Å². The Hall–Kier alpha value is -1.64. The summed E-state index contributed by atoms with van der Waals surface area (Å²) in [6.45, 7) is 0. The number of rotatable bonds is 3. The average Bonchev–Trinajstić information content (AvgIpc) is 2.62. The van der Waals surface area contributed by atoms with Gasteiger partial charge in [-0.05, 0) is 51.9 Å². The van der Waals surface area contributed by atoms with Crippen LogP contribution >= 0.6 is 0 Å². The van der Waals surface area contributed by atoms with Crippen LogP contribution < -0.4 is 0 Å². The van der Waals surface area contributed by atoms with Crippen molar-refractivity contribution in [2.24, 2.45) is 0 Å². The van der Waals surface area contributed by atoms with Gasteiger partial charge in [-0.3, -0.25) is 0 Å². The minimum Gasteiger partial charge on any atom is -0.385 e. The summed E-state index contributed by atoms with van der Waals surface area (Å²) < 4.78 is 0. The van der Waals surface area contributed by atoms with Crippen molar-refractivity contribution in [3.8, 4) is 0 Å². The van der Waals surface area contributed by atoms with Gasteiger partial charge in [0.2, 0.25) is 0 Å². The van der Waals surface area contributed by atoms with Crippen LogP contribution in [0.3, 0.4) is 0 Å². The van der Waals surface area contributed by atoms with Crippen molar-refractivity contribution in [2.75, 3.05) is 0 Å². The molecule has 0 radical (unpaired) electrons. The molecule has 1 nitrogen and oxygen atoms in total. The van der Waals surface area contributed by atoms with Crippen LogP contribution in [0.25, 0.3) is 21.5 Å². The maximum absolute atomic E-state index is 11.6. The van der Waals surface area contributed by atoms with E-state index in [2.05, 4.69) is 48.5 Å². The molecule has 0 saturated heterocycles. The fraction of sp³-hybridized carbons (Fsp3) is 0.364. The third-order valence-corrected chi connectivity index (χ3v) is 6.19. The normalized spacial score (nSPS) is 17.5. The lowest BCUT2D eigenvalue weighted by molar-refractivity contribution is 0.00210. The number of hydrogen-bond donors (Lipinski definition) is 1. The summed E-state index contributed by atoms with van der Waals surface area (Å²) in [4.78, 5) is 0. The van der Waals surface area contributed by atoms with E-state index in [1.165, 1.54) is 55.4 Å². The summed E-state index contributed by atoms with van der Waals surface area (Å²) in [7, 11) is 1.23. The second-order valence-electron chi connectivity index (χ2n) is 7.29. The molecule has 1 fully saturated rings. The van der Waals surface area contributed by atoms with E-state index in [0.29, 0.717) is 0 Å². The Morgan fingerprint density at radius 2 is 1.29 bits per heavy atom. The zero-order valence-corrected chi connectivity index (χ0v) is 16.5. The van der Waals surface area contributed by atoms with Crippen LogP contribution in [0, 0.1) is 0 Å². The Morgan fingerprint density at radius 3 is 1.79 bits per heavy atom. The summed E-state index contributed by atoms with van der Waals surface area (Å²) >= 11 is 0. The SMILES string of the molecule is OC1(c2c3ccccc3c(CC[SiH3])c3ccccc23)CCCCC1. The summed E-state index contributed by atoms with van der Waals surface area (Å²) in [5.41, 5.74) is 1.99. The average molecular weight is 335 g/mol. The fourth-order valence-corrected chi connectivity index (χ4v) is 5.13. The van der Waals surface area contributed by atoms with Gasteiger partial charge in [-0.2, -0.15) is 0 Å². The van der Waals surface area contributed by atoms with Gasteiger partial charge in [-0.1, -0.05) is 73.8 Å². The number of hydrogen-bond acceptors (Lipinski definition) is 1. The molecule has 1 saturated carbocycles. The summed E-state index contributed by atoms with van der Waals surface area (Å²) in [5.74, 6) is 0. The number of benzene rings is 3. The first-order valence-corrected chi connectivity index (χ1v) is 10.8. The van der Waals surface area contributed by atoms with E-state index in [0.717, 1.165) is 32.1 Å². The zero-order chi connectivity index (χ0) is 16.6. The molecule has 124 valence electrons. The van der Waals surface area contributed by atoms with Crippen molar-refractivity contribution in [3.63, 3.8) is 0 Å².